The third kappa shape index (κ3) is 2.97. The van der Waals surface area contributed by atoms with E-state index in [0.717, 1.165) is 17.4 Å². The summed E-state index contributed by atoms with van der Waals surface area (Å²) in [6.45, 7) is 2.35. The lowest BCUT2D eigenvalue weighted by Crippen LogP contribution is -2.43. The fourth-order valence-electron chi connectivity index (χ4n) is 3.28. The molecule has 1 fully saturated rings. The number of likely N-dealkylation sites (tertiary alicyclic amines) is 1. The van der Waals surface area contributed by atoms with E-state index in [1.807, 2.05) is 6.92 Å². The lowest BCUT2D eigenvalue weighted by atomic mass is 10.1. The number of benzene rings is 1. The highest BCUT2D eigenvalue weighted by atomic mass is 35.5. The molecule has 134 valence electrons. The standard InChI is InChI=1S/C18H16ClN3O3S/c1-10-12-9-11(19)4-5-14(12)25-15(10)17(24)22-7-2-3-13(22)16(23)21-18-20-6-8-26-18/h4-6,8-9,13H,2-3,7H2,1H3,(H,20,21,23). The number of rotatable bonds is 3. The Labute approximate surface area is 158 Å². The van der Waals surface area contributed by atoms with Gasteiger partial charge in [0.05, 0.1) is 0 Å². The van der Waals surface area contributed by atoms with Crippen molar-refractivity contribution < 1.29 is 14.0 Å². The molecule has 1 aliphatic heterocycles. The summed E-state index contributed by atoms with van der Waals surface area (Å²) >= 11 is 7.39. The van der Waals surface area contributed by atoms with Gasteiger partial charge in [-0.15, -0.1) is 11.3 Å². The second kappa shape index (κ2) is 6.74. The van der Waals surface area contributed by atoms with Gasteiger partial charge in [0.15, 0.2) is 10.9 Å². The largest absolute Gasteiger partial charge is 0.451 e. The number of furan rings is 1. The fraction of sp³-hybridized carbons (Fsp3) is 0.278. The highest BCUT2D eigenvalue weighted by Gasteiger charge is 2.37. The summed E-state index contributed by atoms with van der Waals surface area (Å²) in [6.07, 6.45) is 3.02. The number of halogens is 1. The summed E-state index contributed by atoms with van der Waals surface area (Å²) in [5.74, 6) is -0.231. The van der Waals surface area contributed by atoms with E-state index >= 15 is 0 Å². The number of aromatic nitrogens is 1. The van der Waals surface area contributed by atoms with Crippen LogP contribution in [0.25, 0.3) is 11.0 Å². The van der Waals surface area contributed by atoms with Crippen LogP contribution in [0.2, 0.25) is 5.02 Å². The molecule has 1 unspecified atom stereocenters. The number of hydrogen-bond donors (Lipinski definition) is 1. The van der Waals surface area contributed by atoms with Gasteiger partial charge in [-0.25, -0.2) is 4.98 Å². The Kier molecular flexibility index (Phi) is 4.42. The molecule has 3 heterocycles. The molecule has 1 aliphatic rings. The van der Waals surface area contributed by atoms with E-state index in [4.69, 9.17) is 16.0 Å². The van der Waals surface area contributed by atoms with Crippen LogP contribution in [0, 0.1) is 6.92 Å². The molecule has 2 aromatic heterocycles. The predicted molar refractivity (Wildman–Crippen MR) is 101 cm³/mol. The lowest BCUT2D eigenvalue weighted by Gasteiger charge is -2.22. The molecule has 0 bridgehead atoms. The van der Waals surface area contributed by atoms with E-state index in [2.05, 4.69) is 10.3 Å². The van der Waals surface area contributed by atoms with Crippen molar-refractivity contribution in [2.75, 3.05) is 11.9 Å². The average molecular weight is 390 g/mol. The minimum atomic E-state index is -0.525. The number of carbonyl (C=O) groups is 2. The van der Waals surface area contributed by atoms with Crippen molar-refractivity contribution in [3.63, 3.8) is 0 Å². The normalized spacial score (nSPS) is 17.0. The summed E-state index contributed by atoms with van der Waals surface area (Å²) in [5.41, 5.74) is 1.34. The van der Waals surface area contributed by atoms with Crippen LogP contribution >= 0.6 is 22.9 Å². The first-order valence-electron chi connectivity index (χ1n) is 8.24. The van der Waals surface area contributed by atoms with Crippen LogP contribution in [0.4, 0.5) is 5.13 Å². The first kappa shape index (κ1) is 17.1. The van der Waals surface area contributed by atoms with Crippen molar-refractivity contribution in [2.24, 2.45) is 0 Å². The second-order valence-corrected chi connectivity index (χ2v) is 7.51. The zero-order valence-electron chi connectivity index (χ0n) is 14.0. The lowest BCUT2D eigenvalue weighted by molar-refractivity contribution is -0.119. The molecular weight excluding hydrogens is 374 g/mol. The molecule has 1 atom stereocenters. The second-order valence-electron chi connectivity index (χ2n) is 6.18. The molecule has 0 saturated carbocycles. The van der Waals surface area contributed by atoms with E-state index in [-0.39, 0.29) is 17.6 Å². The molecule has 1 saturated heterocycles. The molecule has 8 heteroatoms. The van der Waals surface area contributed by atoms with Crippen LogP contribution in [-0.4, -0.2) is 34.3 Å². The summed E-state index contributed by atoms with van der Waals surface area (Å²) in [7, 11) is 0. The van der Waals surface area contributed by atoms with Gasteiger partial charge in [0.1, 0.15) is 11.6 Å². The zero-order valence-corrected chi connectivity index (χ0v) is 15.6. The Morgan fingerprint density at radius 2 is 2.27 bits per heavy atom. The fourth-order valence-corrected chi connectivity index (χ4v) is 3.99. The van der Waals surface area contributed by atoms with Gasteiger partial charge >= 0.3 is 0 Å². The number of anilines is 1. The minimum absolute atomic E-state index is 0.220. The smallest absolute Gasteiger partial charge is 0.290 e. The summed E-state index contributed by atoms with van der Waals surface area (Å²) < 4.78 is 5.77. The Hall–Kier alpha value is -2.38. The van der Waals surface area contributed by atoms with Crippen LogP contribution in [0.1, 0.15) is 29.0 Å². The van der Waals surface area contributed by atoms with Crippen LogP contribution < -0.4 is 5.32 Å². The highest BCUT2D eigenvalue weighted by Crippen LogP contribution is 2.30. The molecule has 0 radical (unpaired) electrons. The predicted octanol–water partition coefficient (Wildman–Crippen LogP) is 4.09. The number of nitrogens with zero attached hydrogens (tertiary/aromatic N) is 2. The number of hydrogen-bond acceptors (Lipinski definition) is 5. The van der Waals surface area contributed by atoms with Crippen molar-refractivity contribution in [1.82, 2.24) is 9.88 Å². The maximum Gasteiger partial charge on any atom is 0.290 e. The molecule has 4 rings (SSSR count). The van der Waals surface area contributed by atoms with Crippen molar-refractivity contribution >= 4 is 50.9 Å². The van der Waals surface area contributed by atoms with Gasteiger partial charge in [-0.3, -0.25) is 9.59 Å². The molecular formula is C18H16ClN3O3S. The Balaban J connectivity index is 1.60. The SMILES string of the molecule is Cc1c(C(=O)N2CCCC2C(=O)Nc2nccs2)oc2ccc(Cl)cc12. The topological polar surface area (TPSA) is 75.4 Å². The number of fused-ring (bicyclic) bond motifs is 1. The number of carbonyl (C=O) groups excluding carboxylic acids is 2. The Morgan fingerprint density at radius 1 is 1.42 bits per heavy atom. The molecule has 1 aromatic carbocycles. The molecule has 26 heavy (non-hydrogen) atoms. The number of aryl methyl sites for hydroxylation is 1. The molecule has 2 amide bonds. The summed E-state index contributed by atoms with van der Waals surface area (Å²) in [6, 6.07) is 4.73. The zero-order chi connectivity index (χ0) is 18.3. The van der Waals surface area contributed by atoms with Gasteiger partial charge < -0.3 is 14.6 Å². The van der Waals surface area contributed by atoms with Crippen LogP contribution in [-0.2, 0) is 4.79 Å². The van der Waals surface area contributed by atoms with Crippen LogP contribution in [0.5, 0.6) is 0 Å². The van der Waals surface area contributed by atoms with E-state index < -0.39 is 6.04 Å². The van der Waals surface area contributed by atoms with Gasteiger partial charge in [0, 0.05) is 34.1 Å². The van der Waals surface area contributed by atoms with E-state index in [1.165, 1.54) is 11.3 Å². The summed E-state index contributed by atoms with van der Waals surface area (Å²) in [4.78, 5) is 31.3. The molecule has 0 spiro atoms. The number of thiazole rings is 1. The van der Waals surface area contributed by atoms with E-state index in [1.54, 1.807) is 34.7 Å². The third-order valence-corrected chi connectivity index (χ3v) is 5.49. The van der Waals surface area contributed by atoms with Gasteiger partial charge in [-0.2, -0.15) is 0 Å². The monoisotopic (exact) mass is 389 g/mol. The van der Waals surface area contributed by atoms with Gasteiger partial charge in [0.25, 0.3) is 5.91 Å². The molecule has 3 aromatic rings. The van der Waals surface area contributed by atoms with Crippen molar-refractivity contribution in [1.29, 1.82) is 0 Å². The summed E-state index contributed by atoms with van der Waals surface area (Å²) in [5, 5.41) is 6.49. The van der Waals surface area contributed by atoms with Crippen LogP contribution in [0.3, 0.4) is 0 Å². The van der Waals surface area contributed by atoms with Gasteiger partial charge in [-0.1, -0.05) is 11.6 Å². The Bertz CT molecular complexity index is 983. The first-order valence-corrected chi connectivity index (χ1v) is 9.50. The maximum atomic E-state index is 13.0. The third-order valence-electron chi connectivity index (χ3n) is 4.57. The maximum absolute atomic E-state index is 13.0. The number of amides is 2. The van der Waals surface area contributed by atoms with Crippen LogP contribution in [0.15, 0.2) is 34.2 Å². The number of nitrogens with one attached hydrogen (secondary N) is 1. The van der Waals surface area contributed by atoms with E-state index in [9.17, 15) is 9.59 Å². The van der Waals surface area contributed by atoms with Crippen molar-refractivity contribution in [3.05, 3.63) is 46.1 Å². The Morgan fingerprint density at radius 3 is 3.04 bits per heavy atom. The quantitative estimate of drug-likeness (QED) is 0.731. The van der Waals surface area contributed by atoms with E-state index in [0.29, 0.717) is 28.7 Å². The molecule has 0 aliphatic carbocycles. The average Bonchev–Trinajstić information content (AvgIpc) is 3.35. The molecule has 6 nitrogen and oxygen atoms in total. The van der Waals surface area contributed by atoms with Gasteiger partial charge in [0.2, 0.25) is 5.91 Å². The molecule has 1 N–H and O–H groups in total. The van der Waals surface area contributed by atoms with Crippen molar-refractivity contribution in [3.8, 4) is 0 Å². The van der Waals surface area contributed by atoms with Gasteiger partial charge in [-0.05, 0) is 38.0 Å². The highest BCUT2D eigenvalue weighted by molar-refractivity contribution is 7.13. The van der Waals surface area contributed by atoms with Crippen molar-refractivity contribution in [2.45, 2.75) is 25.8 Å². The minimum Gasteiger partial charge on any atom is -0.451 e. The first-order chi connectivity index (χ1) is 12.5.